The van der Waals surface area contributed by atoms with Gasteiger partial charge in [0, 0.05) is 11.9 Å². The molecule has 0 aliphatic carbocycles. The highest BCUT2D eigenvalue weighted by molar-refractivity contribution is 9.10. The van der Waals surface area contributed by atoms with Crippen LogP contribution in [0.5, 0.6) is 0 Å². The molecule has 0 aliphatic heterocycles. The van der Waals surface area contributed by atoms with Crippen molar-refractivity contribution in [1.82, 2.24) is 4.98 Å². The predicted octanol–water partition coefficient (Wildman–Crippen LogP) is 3.34. The maximum atomic E-state index is 12.5. The number of pyridine rings is 1. The van der Waals surface area contributed by atoms with E-state index in [-0.39, 0.29) is 5.91 Å². The first-order chi connectivity index (χ1) is 9.41. The lowest BCUT2D eigenvalue weighted by molar-refractivity contribution is -0.120. The molecule has 1 aromatic heterocycles. The average molecular weight is 334 g/mol. The summed E-state index contributed by atoms with van der Waals surface area (Å²) in [5.41, 5.74) is 7.25. The lowest BCUT2D eigenvalue weighted by Crippen LogP contribution is -2.34. The van der Waals surface area contributed by atoms with Crippen LogP contribution in [0.1, 0.15) is 19.4 Å². The van der Waals surface area contributed by atoms with Gasteiger partial charge in [-0.2, -0.15) is 0 Å². The minimum atomic E-state index is -0.664. The minimum Gasteiger partial charge on any atom is -0.399 e. The lowest BCUT2D eigenvalue weighted by atomic mass is 9.83. The van der Waals surface area contributed by atoms with Crippen molar-refractivity contribution in [3.8, 4) is 0 Å². The van der Waals surface area contributed by atoms with E-state index >= 15 is 0 Å². The Balaban J connectivity index is 2.23. The Morgan fingerprint density at radius 1 is 1.25 bits per heavy atom. The third kappa shape index (κ3) is 2.99. The molecule has 1 amide bonds. The van der Waals surface area contributed by atoms with Crippen molar-refractivity contribution >= 4 is 33.2 Å². The van der Waals surface area contributed by atoms with Gasteiger partial charge >= 0.3 is 0 Å². The third-order valence-corrected chi connectivity index (χ3v) is 3.84. The van der Waals surface area contributed by atoms with Crippen molar-refractivity contribution < 1.29 is 4.79 Å². The molecule has 0 unspecified atom stereocenters. The van der Waals surface area contributed by atoms with Gasteiger partial charge in [0.1, 0.15) is 4.60 Å². The van der Waals surface area contributed by atoms with Crippen LogP contribution >= 0.6 is 15.9 Å². The molecule has 20 heavy (non-hydrogen) atoms. The third-order valence-electron chi connectivity index (χ3n) is 3.21. The fraction of sp³-hybridized carbons (Fsp3) is 0.200. The van der Waals surface area contributed by atoms with E-state index in [0.29, 0.717) is 16.0 Å². The fourth-order valence-electron chi connectivity index (χ4n) is 1.79. The quantitative estimate of drug-likeness (QED) is 0.668. The molecule has 4 nitrogen and oxygen atoms in total. The fourth-order valence-corrected chi connectivity index (χ4v) is 2.14. The number of hydrogen-bond acceptors (Lipinski definition) is 3. The molecule has 2 aromatic rings. The zero-order valence-electron chi connectivity index (χ0n) is 11.4. The highest BCUT2D eigenvalue weighted by Gasteiger charge is 2.30. The largest absolute Gasteiger partial charge is 0.399 e. The highest BCUT2D eigenvalue weighted by atomic mass is 79.9. The van der Waals surface area contributed by atoms with Crippen LogP contribution in [0.2, 0.25) is 0 Å². The van der Waals surface area contributed by atoms with E-state index in [1.165, 1.54) is 0 Å². The Hall–Kier alpha value is -1.88. The predicted molar refractivity (Wildman–Crippen MR) is 84.4 cm³/mol. The van der Waals surface area contributed by atoms with Gasteiger partial charge in [-0.05, 0) is 59.6 Å². The minimum absolute atomic E-state index is 0.101. The van der Waals surface area contributed by atoms with E-state index in [9.17, 15) is 4.79 Å². The van der Waals surface area contributed by atoms with Gasteiger partial charge in [-0.1, -0.05) is 12.1 Å². The van der Waals surface area contributed by atoms with Crippen molar-refractivity contribution in [2.75, 3.05) is 11.1 Å². The van der Waals surface area contributed by atoms with E-state index in [4.69, 9.17) is 5.73 Å². The molecule has 0 atom stereocenters. The van der Waals surface area contributed by atoms with Crippen LogP contribution in [0.15, 0.2) is 47.2 Å². The van der Waals surface area contributed by atoms with E-state index in [2.05, 4.69) is 26.2 Å². The van der Waals surface area contributed by atoms with E-state index in [0.717, 1.165) is 5.56 Å². The number of nitrogens with one attached hydrogen (secondary N) is 1. The number of nitrogen functional groups attached to an aromatic ring is 1. The number of anilines is 2. The molecule has 104 valence electrons. The first-order valence-corrected chi connectivity index (χ1v) is 6.98. The van der Waals surface area contributed by atoms with Gasteiger partial charge in [0.05, 0.1) is 11.1 Å². The highest BCUT2D eigenvalue weighted by Crippen LogP contribution is 2.27. The topological polar surface area (TPSA) is 68.0 Å². The first-order valence-electron chi connectivity index (χ1n) is 6.19. The smallest absolute Gasteiger partial charge is 0.234 e. The second kappa shape index (κ2) is 5.63. The summed E-state index contributed by atoms with van der Waals surface area (Å²) >= 11 is 3.31. The molecule has 5 heteroatoms. The number of halogens is 1. The van der Waals surface area contributed by atoms with E-state index in [1.54, 1.807) is 30.5 Å². The summed E-state index contributed by atoms with van der Waals surface area (Å²) in [7, 11) is 0. The van der Waals surface area contributed by atoms with Crippen molar-refractivity contribution in [3.05, 3.63) is 52.8 Å². The van der Waals surface area contributed by atoms with Gasteiger partial charge in [0.2, 0.25) is 5.91 Å². The Bertz CT molecular complexity index is 623. The summed E-state index contributed by atoms with van der Waals surface area (Å²) in [6, 6.07) is 10.9. The number of hydrogen-bond donors (Lipinski definition) is 2. The average Bonchev–Trinajstić information content (AvgIpc) is 2.41. The van der Waals surface area contributed by atoms with E-state index in [1.807, 2.05) is 26.0 Å². The van der Waals surface area contributed by atoms with Crippen LogP contribution in [0.4, 0.5) is 11.4 Å². The van der Waals surface area contributed by atoms with Crippen LogP contribution in [-0.4, -0.2) is 10.9 Å². The first kappa shape index (κ1) is 14.5. The number of benzene rings is 1. The normalized spacial score (nSPS) is 11.2. The molecular formula is C15H16BrN3O. The molecule has 1 aromatic carbocycles. The van der Waals surface area contributed by atoms with Crippen LogP contribution in [0.25, 0.3) is 0 Å². The summed E-state index contributed by atoms with van der Waals surface area (Å²) in [6.07, 6.45) is 1.66. The SMILES string of the molecule is CC(C)(C(=O)Nc1cccnc1Br)c1ccc(N)cc1. The second-order valence-electron chi connectivity index (χ2n) is 5.04. The van der Waals surface area contributed by atoms with Gasteiger partial charge in [-0.3, -0.25) is 4.79 Å². The van der Waals surface area contributed by atoms with Gasteiger partial charge in [-0.15, -0.1) is 0 Å². The van der Waals surface area contributed by atoms with E-state index < -0.39 is 5.41 Å². The summed E-state index contributed by atoms with van der Waals surface area (Å²) in [5.74, 6) is -0.101. The van der Waals surface area contributed by atoms with Crippen LogP contribution in [0.3, 0.4) is 0 Å². The van der Waals surface area contributed by atoms with Gasteiger partial charge in [0.25, 0.3) is 0 Å². The molecule has 3 N–H and O–H groups in total. The molecule has 0 saturated heterocycles. The monoisotopic (exact) mass is 333 g/mol. The molecule has 0 bridgehead atoms. The van der Waals surface area contributed by atoms with Crippen molar-refractivity contribution in [2.45, 2.75) is 19.3 Å². The Morgan fingerprint density at radius 2 is 1.90 bits per heavy atom. The van der Waals surface area contributed by atoms with Crippen molar-refractivity contribution in [1.29, 1.82) is 0 Å². The number of rotatable bonds is 3. The summed E-state index contributed by atoms with van der Waals surface area (Å²) in [4.78, 5) is 16.6. The standard InChI is InChI=1S/C15H16BrN3O/c1-15(2,10-5-7-11(17)8-6-10)14(20)19-12-4-3-9-18-13(12)16/h3-9H,17H2,1-2H3,(H,19,20). The zero-order chi connectivity index (χ0) is 14.8. The van der Waals surface area contributed by atoms with Gasteiger partial charge in [0.15, 0.2) is 0 Å². The lowest BCUT2D eigenvalue weighted by Gasteiger charge is -2.24. The maximum Gasteiger partial charge on any atom is 0.234 e. The molecule has 1 heterocycles. The number of nitrogens with zero attached hydrogens (tertiary/aromatic N) is 1. The maximum absolute atomic E-state index is 12.5. The van der Waals surface area contributed by atoms with Crippen molar-refractivity contribution in [3.63, 3.8) is 0 Å². The Kier molecular flexibility index (Phi) is 4.09. The molecule has 0 saturated carbocycles. The Morgan fingerprint density at radius 3 is 2.50 bits per heavy atom. The molecule has 0 spiro atoms. The van der Waals surface area contributed by atoms with Crippen LogP contribution < -0.4 is 11.1 Å². The number of nitrogens with two attached hydrogens (primary N) is 1. The summed E-state index contributed by atoms with van der Waals surface area (Å²) in [5, 5.41) is 2.88. The van der Waals surface area contributed by atoms with Crippen LogP contribution in [0, 0.1) is 0 Å². The Labute approximate surface area is 126 Å². The number of amides is 1. The molecule has 0 aliphatic rings. The summed E-state index contributed by atoms with van der Waals surface area (Å²) in [6.45, 7) is 3.75. The number of aromatic nitrogens is 1. The number of carbonyl (C=O) groups excluding carboxylic acids is 1. The molecule has 0 fully saturated rings. The number of carbonyl (C=O) groups is 1. The van der Waals surface area contributed by atoms with Gasteiger partial charge < -0.3 is 11.1 Å². The van der Waals surface area contributed by atoms with Crippen LogP contribution in [-0.2, 0) is 10.2 Å². The second-order valence-corrected chi connectivity index (χ2v) is 5.79. The summed E-state index contributed by atoms with van der Waals surface area (Å²) < 4.78 is 0.612. The molecule has 0 radical (unpaired) electrons. The molecule has 2 rings (SSSR count). The van der Waals surface area contributed by atoms with Crippen molar-refractivity contribution in [2.24, 2.45) is 0 Å². The molecular weight excluding hydrogens is 318 g/mol. The zero-order valence-corrected chi connectivity index (χ0v) is 12.9. The van der Waals surface area contributed by atoms with Gasteiger partial charge in [-0.25, -0.2) is 4.98 Å².